The molecule has 112 valence electrons. The van der Waals surface area contributed by atoms with E-state index in [1.807, 2.05) is 0 Å². The number of hydrogen-bond donors (Lipinski definition) is 2. The molecule has 0 fully saturated rings. The van der Waals surface area contributed by atoms with Crippen LogP contribution in [-0.4, -0.2) is 12.6 Å². The van der Waals surface area contributed by atoms with Crippen molar-refractivity contribution in [1.29, 1.82) is 0 Å². The first-order chi connectivity index (χ1) is 8.31. The van der Waals surface area contributed by atoms with Crippen molar-refractivity contribution in [3.63, 3.8) is 0 Å². The summed E-state index contributed by atoms with van der Waals surface area (Å²) in [7, 11) is 0. The molecule has 0 spiro atoms. The second kappa shape index (κ2) is 17.2. The van der Waals surface area contributed by atoms with Crippen LogP contribution in [0.3, 0.4) is 0 Å². The van der Waals surface area contributed by atoms with Gasteiger partial charge in [0.15, 0.2) is 0 Å². The van der Waals surface area contributed by atoms with Crippen molar-refractivity contribution in [3.8, 4) is 0 Å². The molecule has 0 aliphatic carbocycles. The molecule has 0 bridgehead atoms. The molecule has 0 aliphatic rings. The van der Waals surface area contributed by atoms with Crippen LogP contribution < -0.4 is 11.5 Å². The van der Waals surface area contributed by atoms with E-state index in [1.54, 1.807) is 0 Å². The lowest BCUT2D eigenvalue weighted by Gasteiger charge is -2.09. The molecule has 0 aromatic carbocycles. The first-order valence-corrected chi connectivity index (χ1v) is 7.77. The van der Waals surface area contributed by atoms with Gasteiger partial charge in [-0.15, -0.1) is 12.4 Å². The zero-order valence-electron chi connectivity index (χ0n) is 12.3. The second-order valence-electron chi connectivity index (χ2n) is 5.31. The van der Waals surface area contributed by atoms with Crippen LogP contribution in [0, 0.1) is 0 Å². The monoisotopic (exact) mass is 278 g/mol. The van der Waals surface area contributed by atoms with Gasteiger partial charge in [0.2, 0.25) is 0 Å². The van der Waals surface area contributed by atoms with Crippen LogP contribution in [-0.2, 0) is 0 Å². The van der Waals surface area contributed by atoms with Crippen LogP contribution in [0.4, 0.5) is 0 Å². The zero-order chi connectivity index (χ0) is 12.8. The van der Waals surface area contributed by atoms with Gasteiger partial charge in [-0.05, 0) is 19.4 Å². The zero-order valence-corrected chi connectivity index (χ0v) is 13.1. The molecule has 0 radical (unpaired) electrons. The average Bonchev–Trinajstić information content (AvgIpc) is 2.32. The highest BCUT2D eigenvalue weighted by Crippen LogP contribution is 2.11. The lowest BCUT2D eigenvalue weighted by molar-refractivity contribution is 0.508. The molecule has 0 aliphatic heterocycles. The summed E-state index contributed by atoms with van der Waals surface area (Å²) in [6.45, 7) is 3.01. The molecule has 0 aromatic heterocycles. The van der Waals surface area contributed by atoms with Crippen molar-refractivity contribution in [2.75, 3.05) is 6.54 Å². The minimum absolute atomic E-state index is 0. The van der Waals surface area contributed by atoms with Gasteiger partial charge in [-0.2, -0.15) is 0 Å². The summed E-state index contributed by atoms with van der Waals surface area (Å²) in [6, 6.07) is 0.342. The predicted octanol–water partition coefficient (Wildman–Crippen LogP) is 4.40. The Kier molecular flexibility index (Phi) is 19.6. The van der Waals surface area contributed by atoms with Gasteiger partial charge >= 0.3 is 0 Å². The molecular weight excluding hydrogens is 244 g/mol. The molecule has 1 unspecified atom stereocenters. The van der Waals surface area contributed by atoms with E-state index < -0.39 is 0 Å². The molecular formula is C15H35ClN2. The summed E-state index contributed by atoms with van der Waals surface area (Å²) in [5, 5.41) is 0. The van der Waals surface area contributed by atoms with Crippen LogP contribution in [0.25, 0.3) is 0 Å². The summed E-state index contributed by atoms with van der Waals surface area (Å²) in [4.78, 5) is 0. The van der Waals surface area contributed by atoms with Gasteiger partial charge < -0.3 is 11.5 Å². The van der Waals surface area contributed by atoms with E-state index in [4.69, 9.17) is 11.5 Å². The van der Waals surface area contributed by atoms with Gasteiger partial charge in [0.05, 0.1) is 0 Å². The molecule has 2 nitrogen and oxygen atoms in total. The van der Waals surface area contributed by atoms with E-state index in [1.165, 1.54) is 64.2 Å². The number of unbranched alkanes of at least 4 members (excludes halogenated alkanes) is 9. The first-order valence-electron chi connectivity index (χ1n) is 7.77. The third-order valence-electron chi connectivity index (χ3n) is 3.47. The van der Waals surface area contributed by atoms with Gasteiger partial charge in [-0.25, -0.2) is 0 Å². The summed E-state index contributed by atoms with van der Waals surface area (Å²) < 4.78 is 0. The smallest absolute Gasteiger partial charge is 0.00508 e. The van der Waals surface area contributed by atoms with Crippen molar-refractivity contribution < 1.29 is 0 Å². The van der Waals surface area contributed by atoms with E-state index in [0.29, 0.717) is 6.04 Å². The minimum Gasteiger partial charge on any atom is -0.330 e. The van der Waals surface area contributed by atoms with E-state index in [9.17, 15) is 0 Å². The number of hydrogen-bond acceptors (Lipinski definition) is 2. The van der Waals surface area contributed by atoms with Crippen LogP contribution in [0.2, 0.25) is 0 Å². The van der Waals surface area contributed by atoms with Crippen molar-refractivity contribution in [3.05, 3.63) is 0 Å². The van der Waals surface area contributed by atoms with Crippen molar-refractivity contribution in [2.45, 2.75) is 90.0 Å². The Labute approximate surface area is 121 Å². The largest absolute Gasteiger partial charge is 0.330 e. The van der Waals surface area contributed by atoms with E-state index in [-0.39, 0.29) is 12.4 Å². The lowest BCUT2D eigenvalue weighted by Crippen LogP contribution is -2.23. The number of nitrogens with two attached hydrogens (primary N) is 2. The fourth-order valence-electron chi connectivity index (χ4n) is 2.25. The molecule has 0 saturated carbocycles. The van der Waals surface area contributed by atoms with Crippen LogP contribution >= 0.6 is 12.4 Å². The Morgan fingerprint density at radius 3 is 1.61 bits per heavy atom. The first kappa shape index (κ1) is 20.5. The average molecular weight is 279 g/mol. The highest BCUT2D eigenvalue weighted by molar-refractivity contribution is 5.85. The van der Waals surface area contributed by atoms with Gasteiger partial charge in [0, 0.05) is 6.04 Å². The molecule has 0 amide bonds. The Bertz CT molecular complexity index is 142. The third-order valence-corrected chi connectivity index (χ3v) is 3.47. The minimum atomic E-state index is 0. The maximum atomic E-state index is 5.91. The van der Waals surface area contributed by atoms with Crippen molar-refractivity contribution in [1.82, 2.24) is 0 Å². The Morgan fingerprint density at radius 2 is 1.17 bits per heavy atom. The normalized spacial score (nSPS) is 12.2. The number of halogens is 1. The Morgan fingerprint density at radius 1 is 0.722 bits per heavy atom. The topological polar surface area (TPSA) is 52.0 Å². The molecule has 0 aromatic rings. The predicted molar refractivity (Wildman–Crippen MR) is 85.4 cm³/mol. The Hall–Kier alpha value is 0.210. The fraction of sp³-hybridized carbons (Fsp3) is 1.00. The lowest BCUT2D eigenvalue weighted by atomic mass is 10.0. The number of rotatable bonds is 13. The third kappa shape index (κ3) is 16.2. The van der Waals surface area contributed by atoms with Crippen molar-refractivity contribution >= 4 is 12.4 Å². The van der Waals surface area contributed by atoms with E-state index >= 15 is 0 Å². The van der Waals surface area contributed by atoms with Gasteiger partial charge in [-0.1, -0.05) is 71.1 Å². The summed E-state index contributed by atoms with van der Waals surface area (Å²) >= 11 is 0. The second-order valence-corrected chi connectivity index (χ2v) is 5.31. The Balaban J connectivity index is 0. The van der Waals surface area contributed by atoms with Crippen LogP contribution in [0.15, 0.2) is 0 Å². The standard InChI is InChI=1S/C15H34N2.ClH/c1-2-3-4-5-6-7-8-9-10-11-12-15(17)13-14-16;/h15H,2-14,16-17H2,1H3;1H. The highest BCUT2D eigenvalue weighted by atomic mass is 35.5. The molecule has 3 heteroatoms. The molecule has 4 N–H and O–H groups in total. The summed E-state index contributed by atoms with van der Waals surface area (Å²) in [5.41, 5.74) is 11.4. The highest BCUT2D eigenvalue weighted by Gasteiger charge is 2.00. The molecule has 0 rings (SSSR count). The van der Waals surface area contributed by atoms with Crippen LogP contribution in [0.1, 0.15) is 84.0 Å². The summed E-state index contributed by atoms with van der Waals surface area (Å²) in [5.74, 6) is 0. The SMILES string of the molecule is CCCCCCCCCCCCC(N)CCN.Cl. The maximum Gasteiger partial charge on any atom is 0.00508 e. The van der Waals surface area contributed by atoms with E-state index in [2.05, 4.69) is 6.92 Å². The van der Waals surface area contributed by atoms with Gasteiger partial charge in [0.1, 0.15) is 0 Å². The van der Waals surface area contributed by atoms with Gasteiger partial charge in [0.25, 0.3) is 0 Å². The molecule has 18 heavy (non-hydrogen) atoms. The fourth-order valence-corrected chi connectivity index (χ4v) is 2.25. The summed E-state index contributed by atoms with van der Waals surface area (Å²) in [6.07, 6.45) is 16.1. The van der Waals surface area contributed by atoms with Crippen LogP contribution in [0.5, 0.6) is 0 Å². The van der Waals surface area contributed by atoms with Gasteiger partial charge in [-0.3, -0.25) is 0 Å². The molecule has 0 saturated heterocycles. The molecule has 0 heterocycles. The quantitative estimate of drug-likeness (QED) is 0.491. The maximum absolute atomic E-state index is 5.91. The molecule has 1 atom stereocenters. The van der Waals surface area contributed by atoms with Crippen molar-refractivity contribution in [2.24, 2.45) is 11.5 Å². The van der Waals surface area contributed by atoms with E-state index in [0.717, 1.165) is 19.4 Å².